The average molecular weight is 268 g/mol. The highest BCUT2D eigenvalue weighted by atomic mass is 16.2. The highest BCUT2D eigenvalue weighted by Gasteiger charge is 2.21. The summed E-state index contributed by atoms with van der Waals surface area (Å²) in [6.45, 7) is 2.53. The number of nitrogens with zero attached hydrogens (tertiary/aromatic N) is 3. The van der Waals surface area contributed by atoms with E-state index in [4.69, 9.17) is 0 Å². The molecule has 2 amide bonds. The molecule has 0 aromatic carbocycles. The lowest BCUT2D eigenvalue weighted by Crippen LogP contribution is -2.42. The van der Waals surface area contributed by atoms with E-state index in [2.05, 4.69) is 5.32 Å². The maximum atomic E-state index is 12.0. The van der Waals surface area contributed by atoms with Crippen LogP contribution in [0.15, 0.2) is 9.59 Å². The first-order valence-electron chi connectivity index (χ1n) is 5.50. The van der Waals surface area contributed by atoms with Crippen molar-refractivity contribution in [2.45, 2.75) is 13.8 Å². The summed E-state index contributed by atoms with van der Waals surface area (Å²) in [7, 11) is 4.14. The van der Waals surface area contributed by atoms with Crippen molar-refractivity contribution in [3.05, 3.63) is 20.8 Å². The van der Waals surface area contributed by atoms with Crippen molar-refractivity contribution < 1.29 is 9.59 Å². The molecule has 0 unspecified atom stereocenters. The van der Waals surface area contributed by atoms with Crippen LogP contribution in [0.2, 0.25) is 0 Å². The molecule has 1 aromatic rings. The van der Waals surface area contributed by atoms with Crippen molar-refractivity contribution in [3.8, 4) is 0 Å². The van der Waals surface area contributed by atoms with Crippen molar-refractivity contribution in [3.63, 3.8) is 0 Å². The Labute approximate surface area is 109 Å². The zero-order valence-electron chi connectivity index (χ0n) is 11.5. The largest absolute Gasteiger partial charge is 0.332 e. The summed E-state index contributed by atoms with van der Waals surface area (Å²) in [6, 6.07) is 0. The monoisotopic (exact) mass is 268 g/mol. The molecular weight excluding hydrogens is 252 g/mol. The molecule has 0 atom stereocenters. The Kier molecular flexibility index (Phi) is 3.93. The first-order valence-corrected chi connectivity index (χ1v) is 5.50. The second-order valence-corrected chi connectivity index (χ2v) is 4.16. The number of carbonyl (C=O) groups is 2. The van der Waals surface area contributed by atoms with E-state index >= 15 is 0 Å². The van der Waals surface area contributed by atoms with Gasteiger partial charge in [-0.25, -0.2) is 4.79 Å². The third-order valence-corrected chi connectivity index (χ3v) is 2.72. The number of anilines is 2. The number of aromatic nitrogens is 2. The first-order chi connectivity index (χ1) is 8.68. The van der Waals surface area contributed by atoms with Crippen LogP contribution in [0.25, 0.3) is 0 Å². The fraction of sp³-hybridized carbons (Fsp3) is 0.455. The van der Waals surface area contributed by atoms with E-state index in [1.54, 1.807) is 0 Å². The Morgan fingerprint density at radius 1 is 1.11 bits per heavy atom. The molecule has 0 aliphatic heterocycles. The quantitative estimate of drug-likeness (QED) is 0.746. The van der Waals surface area contributed by atoms with Gasteiger partial charge in [-0.3, -0.25) is 28.4 Å². The van der Waals surface area contributed by atoms with Gasteiger partial charge in [-0.05, 0) is 0 Å². The van der Waals surface area contributed by atoms with Crippen LogP contribution >= 0.6 is 0 Å². The van der Waals surface area contributed by atoms with E-state index in [0.717, 1.165) is 14.0 Å². The molecule has 0 bridgehead atoms. The summed E-state index contributed by atoms with van der Waals surface area (Å²) < 4.78 is 2.00. The van der Waals surface area contributed by atoms with Crippen LogP contribution in [0.5, 0.6) is 0 Å². The molecule has 1 aromatic heterocycles. The van der Waals surface area contributed by atoms with Gasteiger partial charge < -0.3 is 5.32 Å². The molecule has 104 valence electrons. The van der Waals surface area contributed by atoms with Crippen molar-refractivity contribution in [1.29, 1.82) is 0 Å². The van der Waals surface area contributed by atoms with E-state index in [0.29, 0.717) is 0 Å². The van der Waals surface area contributed by atoms with Crippen LogP contribution in [0, 0.1) is 0 Å². The molecule has 0 saturated heterocycles. The van der Waals surface area contributed by atoms with Crippen molar-refractivity contribution in [1.82, 2.24) is 9.13 Å². The minimum Gasteiger partial charge on any atom is -0.319 e. The minimum atomic E-state index is -0.665. The highest BCUT2D eigenvalue weighted by Crippen LogP contribution is 2.18. The van der Waals surface area contributed by atoms with Gasteiger partial charge in [-0.2, -0.15) is 0 Å². The maximum Gasteiger partial charge on any atom is 0.332 e. The van der Waals surface area contributed by atoms with E-state index in [1.807, 2.05) is 0 Å². The number of rotatable bonds is 2. The minimum absolute atomic E-state index is 0.0517. The van der Waals surface area contributed by atoms with E-state index in [-0.39, 0.29) is 17.4 Å². The molecule has 8 nitrogen and oxygen atoms in total. The van der Waals surface area contributed by atoms with Gasteiger partial charge in [0.05, 0.1) is 0 Å². The van der Waals surface area contributed by atoms with E-state index in [9.17, 15) is 19.2 Å². The number of amides is 2. The van der Waals surface area contributed by atoms with Gasteiger partial charge in [0.25, 0.3) is 5.56 Å². The topological polar surface area (TPSA) is 93.4 Å². The molecule has 8 heteroatoms. The highest BCUT2D eigenvalue weighted by molar-refractivity contribution is 5.97. The molecule has 1 heterocycles. The molecule has 1 N–H and O–H groups in total. The number of carbonyl (C=O) groups excluding carboxylic acids is 2. The molecule has 0 aliphatic rings. The molecule has 1 rings (SSSR count). The second kappa shape index (κ2) is 5.09. The lowest BCUT2D eigenvalue weighted by atomic mass is 10.3. The normalized spacial score (nSPS) is 10.2. The summed E-state index contributed by atoms with van der Waals surface area (Å²) in [6.07, 6.45) is 0. The van der Waals surface area contributed by atoms with Gasteiger partial charge in [0.1, 0.15) is 11.5 Å². The molecule has 0 saturated carbocycles. The third kappa shape index (κ3) is 2.56. The Balaban J connectivity index is 3.76. The van der Waals surface area contributed by atoms with Crippen LogP contribution in [0.1, 0.15) is 13.8 Å². The van der Waals surface area contributed by atoms with Crippen molar-refractivity contribution in [2.24, 2.45) is 14.1 Å². The molecule has 0 fully saturated rings. The van der Waals surface area contributed by atoms with Gasteiger partial charge >= 0.3 is 5.69 Å². The van der Waals surface area contributed by atoms with Crippen LogP contribution in [0.3, 0.4) is 0 Å². The Morgan fingerprint density at radius 3 is 2.05 bits per heavy atom. The van der Waals surface area contributed by atoms with Crippen LogP contribution in [-0.4, -0.2) is 28.0 Å². The van der Waals surface area contributed by atoms with Gasteiger partial charge in [-0.15, -0.1) is 0 Å². The summed E-state index contributed by atoms with van der Waals surface area (Å²) in [5.74, 6) is -0.778. The lowest BCUT2D eigenvalue weighted by Gasteiger charge is -2.22. The number of hydrogen-bond acceptors (Lipinski definition) is 4. The van der Waals surface area contributed by atoms with Gasteiger partial charge in [0.15, 0.2) is 0 Å². The molecule has 0 radical (unpaired) electrons. The van der Waals surface area contributed by atoms with Crippen molar-refractivity contribution in [2.75, 3.05) is 17.3 Å². The Morgan fingerprint density at radius 2 is 1.63 bits per heavy atom. The van der Waals surface area contributed by atoms with Gasteiger partial charge in [0, 0.05) is 35.0 Å². The second-order valence-electron chi connectivity index (χ2n) is 4.16. The number of hydrogen-bond donors (Lipinski definition) is 1. The van der Waals surface area contributed by atoms with Gasteiger partial charge in [-0.1, -0.05) is 0 Å². The van der Waals surface area contributed by atoms with Crippen LogP contribution in [0.4, 0.5) is 11.5 Å². The Hall–Kier alpha value is -2.38. The van der Waals surface area contributed by atoms with Crippen molar-refractivity contribution >= 4 is 23.3 Å². The Bertz CT molecular complexity index is 656. The molecule has 0 aliphatic carbocycles. The molecular formula is C11H16N4O4. The number of nitrogens with one attached hydrogen (secondary N) is 1. The van der Waals surface area contributed by atoms with E-state index < -0.39 is 17.2 Å². The summed E-state index contributed by atoms with van der Waals surface area (Å²) in [5.41, 5.74) is -1.35. The van der Waals surface area contributed by atoms with Crippen LogP contribution in [-0.2, 0) is 23.7 Å². The maximum absolute atomic E-state index is 12.0. The average Bonchev–Trinajstić information content (AvgIpc) is 2.32. The standard InChI is InChI=1S/C11H16N4O4/c1-6(16)12-8-9(13(3)7(2)17)14(4)11(19)15(5)10(8)18/h1-5H3,(H,12,16). The summed E-state index contributed by atoms with van der Waals surface area (Å²) in [5, 5.41) is 2.36. The summed E-state index contributed by atoms with van der Waals surface area (Å²) in [4.78, 5) is 47.6. The third-order valence-electron chi connectivity index (χ3n) is 2.72. The summed E-state index contributed by atoms with van der Waals surface area (Å²) >= 11 is 0. The predicted molar refractivity (Wildman–Crippen MR) is 70.3 cm³/mol. The SMILES string of the molecule is CC(=O)Nc1c(N(C)C(C)=O)n(C)c(=O)n(C)c1=O. The molecule has 19 heavy (non-hydrogen) atoms. The van der Waals surface area contributed by atoms with Gasteiger partial charge in [0.2, 0.25) is 11.8 Å². The lowest BCUT2D eigenvalue weighted by molar-refractivity contribution is -0.116. The first kappa shape index (κ1) is 14.7. The van der Waals surface area contributed by atoms with Crippen LogP contribution < -0.4 is 21.5 Å². The fourth-order valence-corrected chi connectivity index (χ4v) is 1.66. The zero-order chi connectivity index (χ0) is 14.9. The molecule has 0 spiro atoms. The zero-order valence-corrected chi connectivity index (χ0v) is 11.5. The van der Waals surface area contributed by atoms with E-state index in [1.165, 1.54) is 35.0 Å². The fourth-order valence-electron chi connectivity index (χ4n) is 1.66. The smallest absolute Gasteiger partial charge is 0.319 e. The predicted octanol–water partition coefficient (Wildman–Crippen LogP) is -0.975.